The number of hydrogen-bond acceptors (Lipinski definition) is 0. The van der Waals surface area contributed by atoms with Crippen LogP contribution in [0.5, 0.6) is 0 Å². The molecule has 0 saturated heterocycles. The van der Waals surface area contributed by atoms with E-state index in [2.05, 4.69) is 20.8 Å². The number of rotatable bonds is 0. The average Bonchev–Trinajstić information content (AvgIpc) is 1.75. The molecule has 0 heterocycles. The van der Waals surface area contributed by atoms with Gasteiger partial charge in [-0.15, -0.1) is 0 Å². The van der Waals surface area contributed by atoms with Gasteiger partial charge in [-0.2, -0.15) is 19.8 Å². The fraction of sp³-hybridized carbons (Fsp3) is 0.625. The van der Waals surface area contributed by atoms with Crippen molar-refractivity contribution in [2.45, 2.75) is 33.6 Å². The molecule has 0 aromatic rings. The molecule has 0 saturated carbocycles. The summed E-state index contributed by atoms with van der Waals surface area (Å²) in [7, 11) is 0. The summed E-state index contributed by atoms with van der Waals surface area (Å²) in [5.74, 6) is 0. The molecule has 0 spiro atoms. The van der Waals surface area contributed by atoms with E-state index in [-0.39, 0.29) is 16.5 Å². The SMILES string of the molecule is [CH2-]C.[CH2-]CC.[CH2-]CC.[Ni+3]. The van der Waals surface area contributed by atoms with Crippen molar-refractivity contribution < 1.29 is 16.5 Å². The molecule has 1 heteroatoms. The van der Waals surface area contributed by atoms with Crippen LogP contribution in [0.4, 0.5) is 0 Å². The van der Waals surface area contributed by atoms with Crippen molar-refractivity contribution in [2.75, 3.05) is 0 Å². The summed E-state index contributed by atoms with van der Waals surface area (Å²) in [5, 5.41) is 0. The van der Waals surface area contributed by atoms with Crippen LogP contribution in [-0.2, 0) is 16.5 Å². The smallest absolute Gasteiger partial charge is 0.346 e. The van der Waals surface area contributed by atoms with Crippen molar-refractivity contribution in [2.24, 2.45) is 0 Å². The third kappa shape index (κ3) is 1470. The molecule has 0 aliphatic rings. The summed E-state index contributed by atoms with van der Waals surface area (Å²) in [6.07, 6.45) is 2.00. The van der Waals surface area contributed by atoms with Crippen LogP contribution in [0.15, 0.2) is 0 Å². The van der Waals surface area contributed by atoms with E-state index in [1.807, 2.05) is 13.8 Å². The monoisotopic (exact) mass is 173 g/mol. The molecule has 0 aliphatic carbocycles. The van der Waals surface area contributed by atoms with Gasteiger partial charge in [0.25, 0.3) is 0 Å². The molecule has 9 heavy (non-hydrogen) atoms. The maximum Gasteiger partial charge on any atom is 3.00 e. The van der Waals surface area contributed by atoms with Gasteiger partial charge in [-0.05, 0) is 0 Å². The van der Waals surface area contributed by atoms with Crippen LogP contribution in [0, 0.1) is 20.8 Å². The standard InChI is InChI=1S/2C3H7.C2H5.Ni/c2*1-3-2;1-2;/h2*1,3H2,2H3;1H2,2H3;/q3*-1;+3. The molecule has 0 aromatic heterocycles. The third-order valence-electron chi connectivity index (χ3n) is 0. The molecule has 1 radical (unpaired) electrons. The van der Waals surface area contributed by atoms with E-state index in [9.17, 15) is 0 Å². The van der Waals surface area contributed by atoms with Gasteiger partial charge in [0.2, 0.25) is 0 Å². The second-order valence-corrected chi connectivity index (χ2v) is 1.000. The van der Waals surface area contributed by atoms with Crippen molar-refractivity contribution in [1.29, 1.82) is 0 Å². The molecule has 0 aromatic carbocycles. The van der Waals surface area contributed by atoms with Crippen molar-refractivity contribution in [3.63, 3.8) is 0 Å². The van der Waals surface area contributed by atoms with Crippen molar-refractivity contribution >= 4 is 0 Å². The Morgan fingerprint density at radius 3 is 0.889 bits per heavy atom. The Labute approximate surface area is 71.4 Å². The van der Waals surface area contributed by atoms with E-state index in [0.29, 0.717) is 0 Å². The Kier molecular flexibility index (Phi) is 193. The minimum Gasteiger partial charge on any atom is -0.346 e. The minimum atomic E-state index is 0. The van der Waals surface area contributed by atoms with E-state index in [1.165, 1.54) is 0 Å². The molecule has 0 aliphatic heterocycles. The van der Waals surface area contributed by atoms with Gasteiger partial charge in [-0.1, -0.05) is 13.8 Å². The van der Waals surface area contributed by atoms with Crippen LogP contribution in [0.25, 0.3) is 0 Å². The first kappa shape index (κ1) is 22.7. The number of hydrogen-bond donors (Lipinski definition) is 0. The maximum atomic E-state index is 3.49. The first-order chi connectivity index (χ1) is 3.83. The van der Waals surface area contributed by atoms with Crippen LogP contribution >= 0.6 is 0 Å². The van der Waals surface area contributed by atoms with Gasteiger partial charge < -0.3 is 20.8 Å². The predicted molar refractivity (Wildman–Crippen MR) is 42.3 cm³/mol. The molecule has 0 amide bonds. The quantitative estimate of drug-likeness (QED) is 0.390. The van der Waals surface area contributed by atoms with E-state index in [0.717, 1.165) is 12.8 Å². The zero-order chi connectivity index (χ0) is 7.41. The normalized spacial score (nSPS) is 4.67. The fourth-order valence-electron chi connectivity index (χ4n) is 0. The Morgan fingerprint density at radius 1 is 0.889 bits per heavy atom. The van der Waals surface area contributed by atoms with Crippen LogP contribution in [0.2, 0.25) is 0 Å². The first-order valence-corrected chi connectivity index (χ1v) is 3.12. The average molecular weight is 174 g/mol. The summed E-state index contributed by atoms with van der Waals surface area (Å²) in [6.45, 7) is 16.0. The van der Waals surface area contributed by atoms with E-state index < -0.39 is 0 Å². The zero-order valence-corrected chi connectivity index (χ0v) is 7.84. The molecule has 61 valence electrons. The van der Waals surface area contributed by atoms with E-state index in [1.54, 1.807) is 6.92 Å². The zero-order valence-electron chi connectivity index (χ0n) is 6.85. The van der Waals surface area contributed by atoms with Crippen LogP contribution < -0.4 is 0 Å². The van der Waals surface area contributed by atoms with E-state index >= 15 is 0 Å². The molecule has 0 atom stereocenters. The largest absolute Gasteiger partial charge is 3.00 e. The summed E-state index contributed by atoms with van der Waals surface area (Å²) >= 11 is 0. The van der Waals surface area contributed by atoms with E-state index in [4.69, 9.17) is 0 Å². The maximum absolute atomic E-state index is 3.49. The second kappa shape index (κ2) is 76.7. The predicted octanol–water partition coefficient (Wildman–Crippen LogP) is 3.30. The fourth-order valence-corrected chi connectivity index (χ4v) is 0. The first-order valence-electron chi connectivity index (χ1n) is 3.12. The molecular weight excluding hydrogens is 155 g/mol. The van der Waals surface area contributed by atoms with Crippen LogP contribution in [-0.4, -0.2) is 0 Å². The topological polar surface area (TPSA) is 0 Å². The second-order valence-electron chi connectivity index (χ2n) is 1.000. The summed E-state index contributed by atoms with van der Waals surface area (Å²) in [5.41, 5.74) is 0. The van der Waals surface area contributed by atoms with Gasteiger partial charge in [-0.25, -0.2) is 0 Å². The van der Waals surface area contributed by atoms with Gasteiger partial charge in [0.1, 0.15) is 0 Å². The van der Waals surface area contributed by atoms with Crippen LogP contribution in [0.3, 0.4) is 0 Å². The molecule has 0 bridgehead atoms. The summed E-state index contributed by atoms with van der Waals surface area (Å²) in [6, 6.07) is 0. The molecular formula is C8H19Ni. The van der Waals surface area contributed by atoms with Gasteiger partial charge in [-0.3, -0.25) is 0 Å². The molecule has 0 unspecified atom stereocenters. The molecule has 0 fully saturated rings. The Bertz CT molecular complexity index is 6.53. The molecule has 0 rings (SSSR count). The van der Waals surface area contributed by atoms with Crippen molar-refractivity contribution in [3.05, 3.63) is 20.8 Å². The van der Waals surface area contributed by atoms with Crippen LogP contribution in [0.1, 0.15) is 33.6 Å². The Hall–Kier alpha value is 0.494. The van der Waals surface area contributed by atoms with Crippen molar-refractivity contribution in [1.82, 2.24) is 0 Å². The molecule has 0 N–H and O–H groups in total. The summed E-state index contributed by atoms with van der Waals surface area (Å²) in [4.78, 5) is 0. The van der Waals surface area contributed by atoms with Crippen molar-refractivity contribution in [3.8, 4) is 0 Å². The van der Waals surface area contributed by atoms with Gasteiger partial charge in [0.15, 0.2) is 0 Å². The minimum absolute atomic E-state index is 0. The van der Waals surface area contributed by atoms with Gasteiger partial charge >= 0.3 is 16.5 Å². The Morgan fingerprint density at radius 2 is 0.889 bits per heavy atom. The van der Waals surface area contributed by atoms with Gasteiger partial charge in [0.05, 0.1) is 0 Å². The third-order valence-corrected chi connectivity index (χ3v) is 0. The Balaban J connectivity index is -0.0000000202. The molecule has 0 nitrogen and oxygen atoms in total. The summed E-state index contributed by atoms with van der Waals surface area (Å²) < 4.78 is 0. The van der Waals surface area contributed by atoms with Gasteiger partial charge in [0, 0.05) is 0 Å².